The highest BCUT2D eigenvalue weighted by atomic mass is 19.1. The van der Waals surface area contributed by atoms with Crippen LogP contribution < -0.4 is 5.32 Å². The van der Waals surface area contributed by atoms with Crippen molar-refractivity contribution in [3.63, 3.8) is 0 Å². The number of anilines is 1. The van der Waals surface area contributed by atoms with Crippen LogP contribution in [-0.2, 0) is 0 Å². The predicted octanol–water partition coefficient (Wildman–Crippen LogP) is 4.07. The number of para-hydroxylation sites is 1. The molecule has 1 aliphatic rings. The Kier molecular flexibility index (Phi) is 4.51. The summed E-state index contributed by atoms with van der Waals surface area (Å²) in [7, 11) is 0. The average molecular weight is 284 g/mol. The first kappa shape index (κ1) is 14.1. The summed E-state index contributed by atoms with van der Waals surface area (Å²) in [4.78, 5) is 2.49. The third-order valence-corrected chi connectivity index (χ3v) is 4.13. The summed E-state index contributed by atoms with van der Waals surface area (Å²) >= 11 is 0. The maximum Gasteiger partial charge on any atom is 0.146 e. The Bertz CT molecular complexity index is 564. The van der Waals surface area contributed by atoms with Gasteiger partial charge in [0.1, 0.15) is 5.82 Å². The number of hydrogen-bond donors (Lipinski definition) is 1. The highest BCUT2D eigenvalue weighted by Crippen LogP contribution is 2.26. The van der Waals surface area contributed by atoms with Crippen molar-refractivity contribution in [2.75, 3.05) is 25.0 Å². The van der Waals surface area contributed by atoms with Gasteiger partial charge < -0.3 is 5.32 Å². The van der Waals surface area contributed by atoms with Crippen LogP contribution in [0, 0.1) is 5.82 Å². The zero-order valence-electron chi connectivity index (χ0n) is 12.1. The number of hydrogen-bond acceptors (Lipinski definition) is 2. The van der Waals surface area contributed by atoms with Crippen LogP contribution in [0.15, 0.2) is 54.6 Å². The van der Waals surface area contributed by atoms with E-state index in [0.717, 1.165) is 19.6 Å². The maximum absolute atomic E-state index is 13.7. The standard InChI is InChI=1S/C18H21FN2/c19-16-10-4-5-11-17(16)20-14-18(21-12-6-7-13-21)15-8-2-1-3-9-15/h1-5,8-11,18,20H,6-7,12-14H2. The highest BCUT2D eigenvalue weighted by molar-refractivity contribution is 5.44. The molecular weight excluding hydrogens is 263 g/mol. The Labute approximate surface area is 125 Å². The van der Waals surface area contributed by atoms with Crippen molar-refractivity contribution in [2.45, 2.75) is 18.9 Å². The topological polar surface area (TPSA) is 15.3 Å². The summed E-state index contributed by atoms with van der Waals surface area (Å²) in [5, 5.41) is 3.27. The molecule has 1 saturated heterocycles. The van der Waals surface area contributed by atoms with Crippen LogP contribution in [0.1, 0.15) is 24.4 Å². The van der Waals surface area contributed by atoms with Gasteiger partial charge >= 0.3 is 0 Å². The minimum absolute atomic E-state index is 0.189. The molecule has 0 radical (unpaired) electrons. The van der Waals surface area contributed by atoms with Crippen LogP contribution in [0.3, 0.4) is 0 Å². The molecule has 0 spiro atoms. The Morgan fingerprint density at radius 3 is 2.33 bits per heavy atom. The number of benzene rings is 2. The predicted molar refractivity (Wildman–Crippen MR) is 84.9 cm³/mol. The van der Waals surface area contributed by atoms with Crippen molar-refractivity contribution in [1.29, 1.82) is 0 Å². The first-order chi connectivity index (χ1) is 10.3. The van der Waals surface area contributed by atoms with Crippen LogP contribution in [0.4, 0.5) is 10.1 Å². The molecular formula is C18H21FN2. The summed E-state index contributed by atoms with van der Waals surface area (Å²) in [6, 6.07) is 17.7. The van der Waals surface area contributed by atoms with Gasteiger partial charge in [0.2, 0.25) is 0 Å². The monoisotopic (exact) mass is 284 g/mol. The normalized spacial score (nSPS) is 16.8. The van der Waals surface area contributed by atoms with Gasteiger partial charge in [0.05, 0.1) is 11.7 Å². The van der Waals surface area contributed by atoms with E-state index in [2.05, 4.69) is 34.5 Å². The fourth-order valence-electron chi connectivity index (χ4n) is 3.00. The Morgan fingerprint density at radius 2 is 1.62 bits per heavy atom. The number of rotatable bonds is 5. The van der Waals surface area contributed by atoms with Crippen molar-refractivity contribution in [3.05, 3.63) is 66.0 Å². The molecule has 0 saturated carbocycles. The average Bonchev–Trinajstić information content (AvgIpc) is 3.04. The van der Waals surface area contributed by atoms with Gasteiger partial charge in [-0.3, -0.25) is 4.90 Å². The zero-order valence-corrected chi connectivity index (χ0v) is 12.1. The summed E-state index contributed by atoms with van der Waals surface area (Å²) < 4.78 is 13.7. The molecule has 1 unspecified atom stereocenters. The van der Waals surface area contributed by atoms with Crippen molar-refractivity contribution in [2.24, 2.45) is 0 Å². The van der Waals surface area contributed by atoms with E-state index >= 15 is 0 Å². The number of halogens is 1. The molecule has 3 rings (SSSR count). The first-order valence-corrected chi connectivity index (χ1v) is 7.62. The van der Waals surface area contributed by atoms with E-state index in [1.807, 2.05) is 12.1 Å². The molecule has 21 heavy (non-hydrogen) atoms. The smallest absolute Gasteiger partial charge is 0.146 e. The molecule has 0 amide bonds. The molecule has 0 aromatic heterocycles. The van der Waals surface area contributed by atoms with Crippen LogP contribution in [-0.4, -0.2) is 24.5 Å². The van der Waals surface area contributed by atoms with E-state index in [-0.39, 0.29) is 5.82 Å². The van der Waals surface area contributed by atoms with E-state index in [1.165, 1.54) is 24.5 Å². The second-order valence-corrected chi connectivity index (χ2v) is 5.53. The molecule has 0 aliphatic carbocycles. The molecule has 1 atom stereocenters. The lowest BCUT2D eigenvalue weighted by molar-refractivity contribution is 0.256. The fourth-order valence-corrected chi connectivity index (χ4v) is 3.00. The first-order valence-electron chi connectivity index (χ1n) is 7.62. The third kappa shape index (κ3) is 3.42. The molecule has 2 nitrogen and oxygen atoms in total. The number of nitrogens with zero attached hydrogens (tertiary/aromatic N) is 1. The van der Waals surface area contributed by atoms with Crippen molar-refractivity contribution >= 4 is 5.69 Å². The van der Waals surface area contributed by atoms with Gasteiger partial charge in [-0.25, -0.2) is 4.39 Å². The molecule has 2 aromatic carbocycles. The molecule has 110 valence electrons. The minimum Gasteiger partial charge on any atom is -0.381 e. The van der Waals surface area contributed by atoms with E-state index in [0.29, 0.717) is 11.7 Å². The van der Waals surface area contributed by atoms with Crippen LogP contribution in [0.2, 0.25) is 0 Å². The Morgan fingerprint density at radius 1 is 0.952 bits per heavy atom. The quantitative estimate of drug-likeness (QED) is 0.890. The molecule has 2 aromatic rings. The fraction of sp³-hybridized carbons (Fsp3) is 0.333. The van der Waals surface area contributed by atoms with Crippen molar-refractivity contribution in [3.8, 4) is 0 Å². The van der Waals surface area contributed by atoms with Gasteiger partial charge in [-0.05, 0) is 43.6 Å². The Balaban J connectivity index is 1.75. The summed E-state index contributed by atoms with van der Waals surface area (Å²) in [5.74, 6) is -0.189. The third-order valence-electron chi connectivity index (χ3n) is 4.13. The summed E-state index contributed by atoms with van der Waals surface area (Å²) in [5.41, 5.74) is 1.88. The van der Waals surface area contributed by atoms with Gasteiger partial charge in [0.15, 0.2) is 0 Å². The molecule has 1 N–H and O–H groups in total. The summed E-state index contributed by atoms with van der Waals surface area (Å²) in [6.07, 6.45) is 2.51. The lowest BCUT2D eigenvalue weighted by Gasteiger charge is -2.28. The van der Waals surface area contributed by atoms with Gasteiger partial charge in [-0.2, -0.15) is 0 Å². The summed E-state index contributed by atoms with van der Waals surface area (Å²) in [6.45, 7) is 2.97. The van der Waals surface area contributed by atoms with Gasteiger partial charge in [0, 0.05) is 6.54 Å². The van der Waals surface area contributed by atoms with Crippen LogP contribution >= 0.6 is 0 Å². The largest absolute Gasteiger partial charge is 0.381 e. The molecule has 0 bridgehead atoms. The van der Waals surface area contributed by atoms with Crippen LogP contribution in [0.5, 0.6) is 0 Å². The minimum atomic E-state index is -0.189. The number of nitrogens with one attached hydrogen (secondary N) is 1. The van der Waals surface area contributed by atoms with E-state index in [4.69, 9.17) is 0 Å². The van der Waals surface area contributed by atoms with Crippen molar-refractivity contribution in [1.82, 2.24) is 4.90 Å². The maximum atomic E-state index is 13.7. The second-order valence-electron chi connectivity index (χ2n) is 5.53. The molecule has 1 aliphatic heterocycles. The van der Waals surface area contributed by atoms with E-state index in [9.17, 15) is 4.39 Å². The molecule has 1 fully saturated rings. The lowest BCUT2D eigenvalue weighted by atomic mass is 10.1. The lowest BCUT2D eigenvalue weighted by Crippen LogP contribution is -2.31. The molecule has 3 heteroatoms. The molecule has 1 heterocycles. The van der Waals surface area contributed by atoms with E-state index in [1.54, 1.807) is 12.1 Å². The second kappa shape index (κ2) is 6.72. The van der Waals surface area contributed by atoms with Gasteiger partial charge in [0.25, 0.3) is 0 Å². The van der Waals surface area contributed by atoms with E-state index < -0.39 is 0 Å². The zero-order chi connectivity index (χ0) is 14.5. The van der Waals surface area contributed by atoms with Crippen LogP contribution in [0.25, 0.3) is 0 Å². The Hall–Kier alpha value is -1.87. The van der Waals surface area contributed by atoms with Gasteiger partial charge in [-0.15, -0.1) is 0 Å². The van der Waals surface area contributed by atoms with Crippen molar-refractivity contribution < 1.29 is 4.39 Å². The highest BCUT2D eigenvalue weighted by Gasteiger charge is 2.23. The van der Waals surface area contributed by atoms with Gasteiger partial charge in [-0.1, -0.05) is 42.5 Å². The SMILES string of the molecule is Fc1ccccc1NCC(c1ccccc1)N1CCCC1. The number of likely N-dealkylation sites (tertiary alicyclic amines) is 1.